The number of hydrogen-bond acceptors (Lipinski definition) is 5. The molecule has 0 unspecified atom stereocenters. The molecule has 1 N–H and O–H groups in total. The van der Waals surface area contributed by atoms with Crippen LogP contribution in [0.5, 0.6) is 0 Å². The van der Waals surface area contributed by atoms with Gasteiger partial charge in [-0.2, -0.15) is 11.3 Å². The molecule has 0 bridgehead atoms. The van der Waals surface area contributed by atoms with E-state index in [4.69, 9.17) is 0 Å². The van der Waals surface area contributed by atoms with Crippen LogP contribution in [0.2, 0.25) is 0 Å². The van der Waals surface area contributed by atoms with Crippen molar-refractivity contribution in [3.05, 3.63) is 56.7 Å². The zero-order chi connectivity index (χ0) is 17.8. The minimum atomic E-state index is -0.0884. The maximum atomic E-state index is 12.6. The van der Waals surface area contributed by atoms with Gasteiger partial charge in [0.2, 0.25) is 5.91 Å². The Bertz CT molecular complexity index is 789. The average molecular weight is 375 g/mol. The van der Waals surface area contributed by atoms with E-state index in [0.717, 1.165) is 17.1 Å². The van der Waals surface area contributed by atoms with Crippen molar-refractivity contribution < 1.29 is 4.79 Å². The number of aromatic nitrogens is 3. The molecule has 3 aromatic rings. The summed E-state index contributed by atoms with van der Waals surface area (Å²) >= 11 is 3.34. The molecule has 0 radical (unpaired) electrons. The molecular weight excluding hydrogens is 352 g/mol. The van der Waals surface area contributed by atoms with E-state index in [9.17, 15) is 4.79 Å². The van der Waals surface area contributed by atoms with Crippen LogP contribution in [-0.2, 0) is 11.2 Å². The van der Waals surface area contributed by atoms with E-state index in [1.165, 1.54) is 10.4 Å². The van der Waals surface area contributed by atoms with Gasteiger partial charge in [0.25, 0.3) is 0 Å². The number of nitrogens with zero attached hydrogens (tertiary/aromatic N) is 3. The number of nitrogens with one attached hydrogen (secondary N) is 1. The lowest BCUT2D eigenvalue weighted by Gasteiger charge is -2.18. The lowest BCUT2D eigenvalue weighted by Crippen LogP contribution is -2.31. The third-order valence-corrected chi connectivity index (χ3v) is 6.13. The SMILES string of the molecule is Cc1nc([C@H](Cc2ccsc2)NC(=O)C[C@H](C)n2ccnc2)sc1C. The molecular formula is C18H22N4OS2. The van der Waals surface area contributed by atoms with Crippen molar-refractivity contribution in [3.63, 3.8) is 0 Å². The van der Waals surface area contributed by atoms with Gasteiger partial charge in [-0.1, -0.05) is 0 Å². The third kappa shape index (κ3) is 4.55. The quantitative estimate of drug-likeness (QED) is 0.678. The molecule has 3 aromatic heterocycles. The molecule has 132 valence electrons. The zero-order valence-corrected chi connectivity index (χ0v) is 16.2. The summed E-state index contributed by atoms with van der Waals surface area (Å²) in [6, 6.07) is 2.09. The minimum Gasteiger partial charge on any atom is -0.346 e. The van der Waals surface area contributed by atoms with E-state index < -0.39 is 0 Å². The summed E-state index contributed by atoms with van der Waals surface area (Å²) in [7, 11) is 0. The van der Waals surface area contributed by atoms with Gasteiger partial charge in [-0.15, -0.1) is 11.3 Å². The Morgan fingerprint density at radius 3 is 2.84 bits per heavy atom. The molecule has 0 spiro atoms. The molecule has 25 heavy (non-hydrogen) atoms. The van der Waals surface area contributed by atoms with E-state index in [2.05, 4.69) is 39.0 Å². The Labute approximate surface area is 155 Å². The highest BCUT2D eigenvalue weighted by molar-refractivity contribution is 7.11. The second-order valence-electron chi connectivity index (χ2n) is 6.21. The van der Waals surface area contributed by atoms with Gasteiger partial charge in [0.1, 0.15) is 5.01 Å². The first-order valence-electron chi connectivity index (χ1n) is 8.24. The third-order valence-electron chi connectivity index (χ3n) is 4.21. The molecule has 1 amide bonds. The predicted molar refractivity (Wildman–Crippen MR) is 102 cm³/mol. The molecule has 0 aliphatic heterocycles. The van der Waals surface area contributed by atoms with Gasteiger partial charge in [0, 0.05) is 36.2 Å². The van der Waals surface area contributed by atoms with Crippen LogP contribution in [0.4, 0.5) is 0 Å². The largest absolute Gasteiger partial charge is 0.346 e. The van der Waals surface area contributed by atoms with Crippen molar-refractivity contribution >= 4 is 28.6 Å². The van der Waals surface area contributed by atoms with Crippen LogP contribution in [0.1, 0.15) is 46.6 Å². The molecule has 5 nitrogen and oxygen atoms in total. The molecule has 0 saturated heterocycles. The fourth-order valence-electron chi connectivity index (χ4n) is 2.65. The van der Waals surface area contributed by atoms with Crippen molar-refractivity contribution in [1.82, 2.24) is 19.9 Å². The van der Waals surface area contributed by atoms with Crippen molar-refractivity contribution in [2.24, 2.45) is 0 Å². The Morgan fingerprint density at radius 1 is 1.40 bits per heavy atom. The molecule has 2 atom stereocenters. The fraction of sp³-hybridized carbons (Fsp3) is 0.389. The highest BCUT2D eigenvalue weighted by Crippen LogP contribution is 2.26. The Balaban J connectivity index is 1.71. The van der Waals surface area contributed by atoms with Crippen LogP contribution >= 0.6 is 22.7 Å². The highest BCUT2D eigenvalue weighted by atomic mass is 32.1. The first kappa shape index (κ1) is 17.8. The van der Waals surface area contributed by atoms with Crippen LogP contribution in [-0.4, -0.2) is 20.4 Å². The molecule has 0 fully saturated rings. The molecule has 0 saturated carbocycles. The molecule has 3 rings (SSSR count). The van der Waals surface area contributed by atoms with Crippen molar-refractivity contribution in [2.75, 3.05) is 0 Å². The first-order valence-corrected chi connectivity index (χ1v) is 10.0. The number of aryl methyl sites for hydroxylation is 2. The first-order chi connectivity index (χ1) is 12.0. The molecule has 3 heterocycles. The Hall–Kier alpha value is -1.99. The topological polar surface area (TPSA) is 59.8 Å². The number of hydrogen-bond donors (Lipinski definition) is 1. The number of amides is 1. The van der Waals surface area contributed by atoms with Crippen molar-refractivity contribution in [1.29, 1.82) is 0 Å². The summed E-state index contributed by atoms with van der Waals surface area (Å²) in [5.41, 5.74) is 2.26. The lowest BCUT2D eigenvalue weighted by atomic mass is 10.1. The molecule has 7 heteroatoms. The van der Waals surface area contributed by atoms with E-state index in [-0.39, 0.29) is 18.0 Å². The van der Waals surface area contributed by atoms with Gasteiger partial charge in [0.05, 0.1) is 18.1 Å². The molecule has 0 aliphatic rings. The van der Waals surface area contributed by atoms with Gasteiger partial charge < -0.3 is 9.88 Å². The highest BCUT2D eigenvalue weighted by Gasteiger charge is 2.21. The molecule has 0 aromatic carbocycles. The molecule has 0 aliphatic carbocycles. The average Bonchev–Trinajstić information content (AvgIpc) is 3.30. The van der Waals surface area contributed by atoms with E-state index in [0.29, 0.717) is 6.42 Å². The lowest BCUT2D eigenvalue weighted by molar-refractivity contribution is -0.122. The summed E-state index contributed by atoms with van der Waals surface area (Å²) in [4.78, 5) is 22.5. The van der Waals surface area contributed by atoms with Crippen LogP contribution in [0.15, 0.2) is 35.5 Å². The number of thiazole rings is 1. The van der Waals surface area contributed by atoms with Crippen LogP contribution in [0.25, 0.3) is 0 Å². The maximum absolute atomic E-state index is 12.6. The zero-order valence-electron chi connectivity index (χ0n) is 14.6. The smallest absolute Gasteiger partial charge is 0.222 e. The number of rotatable bonds is 7. The number of carbonyl (C=O) groups excluding carboxylic acids is 1. The second-order valence-corrected chi connectivity index (χ2v) is 8.23. The monoisotopic (exact) mass is 374 g/mol. The normalized spacial score (nSPS) is 13.6. The fourth-order valence-corrected chi connectivity index (χ4v) is 4.30. The standard InChI is InChI=1S/C18H22N4OS2/c1-12(22-6-5-19-11-22)8-17(23)21-16(9-15-4-7-24-10-15)18-20-13(2)14(3)25-18/h4-7,10-12,16H,8-9H2,1-3H3,(H,21,23)/t12-,16-/m0/s1. The van der Waals surface area contributed by atoms with Crippen LogP contribution in [0.3, 0.4) is 0 Å². The number of carbonyl (C=O) groups is 1. The van der Waals surface area contributed by atoms with Gasteiger partial charge in [-0.05, 0) is 43.2 Å². The number of imidazole rings is 1. The summed E-state index contributed by atoms with van der Waals surface area (Å²) < 4.78 is 1.95. The van der Waals surface area contributed by atoms with Crippen LogP contribution < -0.4 is 5.32 Å². The maximum Gasteiger partial charge on any atom is 0.222 e. The van der Waals surface area contributed by atoms with Crippen molar-refractivity contribution in [2.45, 2.75) is 45.7 Å². The second kappa shape index (κ2) is 7.93. The Kier molecular flexibility index (Phi) is 5.65. The summed E-state index contributed by atoms with van der Waals surface area (Å²) in [5, 5.41) is 8.35. The van der Waals surface area contributed by atoms with E-state index in [1.54, 1.807) is 35.2 Å². The van der Waals surface area contributed by atoms with E-state index >= 15 is 0 Å². The van der Waals surface area contributed by atoms with Gasteiger partial charge in [-0.3, -0.25) is 4.79 Å². The van der Waals surface area contributed by atoms with Gasteiger partial charge in [0.15, 0.2) is 0 Å². The number of thiophene rings is 1. The van der Waals surface area contributed by atoms with Crippen molar-refractivity contribution in [3.8, 4) is 0 Å². The van der Waals surface area contributed by atoms with Gasteiger partial charge >= 0.3 is 0 Å². The summed E-state index contributed by atoms with van der Waals surface area (Å²) in [6.07, 6.45) is 6.54. The van der Waals surface area contributed by atoms with Gasteiger partial charge in [-0.25, -0.2) is 9.97 Å². The predicted octanol–water partition coefficient (Wildman–Crippen LogP) is 4.07. The Morgan fingerprint density at radius 2 is 2.24 bits per heavy atom. The van der Waals surface area contributed by atoms with Crippen LogP contribution in [0, 0.1) is 13.8 Å². The summed E-state index contributed by atoms with van der Waals surface area (Å²) in [5.74, 6) is 0.0342. The summed E-state index contributed by atoms with van der Waals surface area (Å²) in [6.45, 7) is 6.11. The minimum absolute atomic E-state index is 0.0342. The van der Waals surface area contributed by atoms with E-state index in [1.807, 2.05) is 24.6 Å².